The van der Waals surface area contributed by atoms with Crippen molar-refractivity contribution in [2.45, 2.75) is 36.1 Å². The fraction of sp³-hybridized carbons (Fsp3) is 0.500. The molecule has 19 heavy (non-hydrogen) atoms. The molecule has 1 aliphatic rings. The smallest absolute Gasteiger partial charge is 0.244 e. The van der Waals surface area contributed by atoms with Gasteiger partial charge in [-0.1, -0.05) is 12.8 Å². The molecule has 0 aromatic heterocycles. The second-order valence-corrected chi connectivity index (χ2v) is 6.59. The molecule has 7 heteroatoms. The van der Waals surface area contributed by atoms with Gasteiger partial charge >= 0.3 is 0 Å². The molecule has 4 N–H and O–H groups in total. The van der Waals surface area contributed by atoms with E-state index in [9.17, 15) is 17.9 Å². The lowest BCUT2D eigenvalue weighted by Crippen LogP contribution is -2.49. The van der Waals surface area contributed by atoms with Crippen LogP contribution < -0.4 is 10.5 Å². The zero-order valence-corrected chi connectivity index (χ0v) is 11.2. The summed E-state index contributed by atoms with van der Waals surface area (Å²) in [5.41, 5.74) is 4.78. The maximum atomic E-state index is 13.6. The predicted octanol–water partition coefficient (Wildman–Crippen LogP) is 0.991. The highest BCUT2D eigenvalue weighted by Crippen LogP contribution is 2.31. The van der Waals surface area contributed by atoms with Crippen LogP contribution >= 0.6 is 0 Å². The minimum absolute atomic E-state index is 0.172. The highest BCUT2D eigenvalue weighted by atomic mass is 32.2. The second kappa shape index (κ2) is 5.07. The number of nitrogen functional groups attached to an aromatic ring is 1. The zero-order chi connectivity index (χ0) is 14.1. The second-order valence-electron chi connectivity index (χ2n) is 4.94. The summed E-state index contributed by atoms with van der Waals surface area (Å²) in [5.74, 6) is -0.854. The van der Waals surface area contributed by atoms with Gasteiger partial charge in [-0.3, -0.25) is 0 Å². The van der Waals surface area contributed by atoms with Gasteiger partial charge in [0.15, 0.2) is 0 Å². The average Bonchev–Trinajstić information content (AvgIpc) is 2.80. The third-order valence-corrected chi connectivity index (χ3v) is 5.05. The molecule has 0 heterocycles. The van der Waals surface area contributed by atoms with Gasteiger partial charge in [-0.2, -0.15) is 0 Å². The van der Waals surface area contributed by atoms with Crippen molar-refractivity contribution in [3.8, 4) is 0 Å². The van der Waals surface area contributed by atoms with Crippen molar-refractivity contribution in [2.75, 3.05) is 12.3 Å². The van der Waals surface area contributed by atoms with Gasteiger partial charge in [-0.05, 0) is 31.0 Å². The summed E-state index contributed by atoms with van der Waals surface area (Å²) < 4.78 is 40.5. The maximum Gasteiger partial charge on any atom is 0.244 e. The molecule has 1 fully saturated rings. The molecule has 0 unspecified atom stereocenters. The molecule has 1 aliphatic carbocycles. The SMILES string of the molecule is Nc1ccc(F)c(S(=O)(=O)NC2(CO)CCCC2)c1. The van der Waals surface area contributed by atoms with Gasteiger partial charge in [0.1, 0.15) is 10.7 Å². The Morgan fingerprint density at radius 3 is 2.58 bits per heavy atom. The van der Waals surface area contributed by atoms with E-state index < -0.39 is 26.3 Å². The molecule has 0 aliphatic heterocycles. The van der Waals surface area contributed by atoms with Crippen molar-refractivity contribution >= 4 is 15.7 Å². The van der Waals surface area contributed by atoms with Crippen LogP contribution in [0.4, 0.5) is 10.1 Å². The van der Waals surface area contributed by atoms with Gasteiger partial charge in [0, 0.05) is 5.69 Å². The van der Waals surface area contributed by atoms with Crippen LogP contribution in [0.1, 0.15) is 25.7 Å². The summed E-state index contributed by atoms with van der Waals surface area (Å²) in [6.45, 7) is -0.295. The third-order valence-electron chi connectivity index (χ3n) is 3.46. The Hall–Kier alpha value is -1.18. The predicted molar refractivity (Wildman–Crippen MR) is 69.4 cm³/mol. The van der Waals surface area contributed by atoms with E-state index in [4.69, 9.17) is 5.73 Å². The van der Waals surface area contributed by atoms with Crippen LogP contribution in [-0.4, -0.2) is 25.7 Å². The van der Waals surface area contributed by atoms with Crippen molar-refractivity contribution < 1.29 is 17.9 Å². The zero-order valence-electron chi connectivity index (χ0n) is 10.4. The number of rotatable bonds is 4. The molecule has 2 rings (SSSR count). The van der Waals surface area contributed by atoms with Crippen molar-refractivity contribution in [2.24, 2.45) is 0 Å². The van der Waals surface area contributed by atoms with Gasteiger partial charge in [0.05, 0.1) is 12.1 Å². The summed E-state index contributed by atoms with van der Waals surface area (Å²) in [5, 5.41) is 9.41. The van der Waals surface area contributed by atoms with Gasteiger partial charge in [-0.15, -0.1) is 0 Å². The van der Waals surface area contributed by atoms with Crippen molar-refractivity contribution in [3.05, 3.63) is 24.0 Å². The summed E-state index contributed by atoms with van der Waals surface area (Å²) in [4.78, 5) is -0.479. The fourth-order valence-electron chi connectivity index (χ4n) is 2.41. The number of hydrogen-bond donors (Lipinski definition) is 3. The minimum Gasteiger partial charge on any atom is -0.399 e. The topological polar surface area (TPSA) is 92.4 Å². The number of halogens is 1. The number of aliphatic hydroxyl groups is 1. The summed E-state index contributed by atoms with van der Waals surface area (Å²) in [6.07, 6.45) is 2.77. The lowest BCUT2D eigenvalue weighted by atomic mass is 10.0. The minimum atomic E-state index is -4.03. The Kier molecular flexibility index (Phi) is 3.80. The molecule has 0 amide bonds. The maximum absolute atomic E-state index is 13.6. The molecule has 106 valence electrons. The molecule has 5 nitrogen and oxygen atoms in total. The molecule has 0 radical (unpaired) electrons. The van der Waals surface area contributed by atoms with Crippen LogP contribution in [0.25, 0.3) is 0 Å². The molecule has 0 spiro atoms. The molecular weight excluding hydrogens is 271 g/mol. The quantitative estimate of drug-likeness (QED) is 0.720. The first-order valence-corrected chi connectivity index (χ1v) is 7.57. The third kappa shape index (κ3) is 2.88. The molecule has 0 atom stereocenters. The van der Waals surface area contributed by atoms with E-state index in [0.717, 1.165) is 25.0 Å². The van der Waals surface area contributed by atoms with Gasteiger partial charge in [0.2, 0.25) is 10.0 Å². The first kappa shape index (κ1) is 14.2. The van der Waals surface area contributed by atoms with E-state index in [1.54, 1.807) is 0 Å². The number of anilines is 1. The largest absolute Gasteiger partial charge is 0.399 e. The Morgan fingerprint density at radius 2 is 2.00 bits per heavy atom. The van der Waals surface area contributed by atoms with Crippen LogP contribution in [0.2, 0.25) is 0 Å². The van der Waals surface area contributed by atoms with Crippen LogP contribution in [0.15, 0.2) is 23.1 Å². The first-order valence-electron chi connectivity index (χ1n) is 6.08. The van der Waals surface area contributed by atoms with Crippen molar-refractivity contribution in [1.82, 2.24) is 4.72 Å². The van der Waals surface area contributed by atoms with E-state index >= 15 is 0 Å². The number of aliphatic hydroxyl groups excluding tert-OH is 1. The molecule has 0 bridgehead atoms. The normalized spacial score (nSPS) is 18.6. The molecule has 1 aromatic rings. The highest BCUT2D eigenvalue weighted by molar-refractivity contribution is 7.89. The van der Waals surface area contributed by atoms with E-state index in [0.29, 0.717) is 12.8 Å². The fourth-order valence-corrected chi connectivity index (χ4v) is 3.97. The van der Waals surface area contributed by atoms with Crippen molar-refractivity contribution in [3.63, 3.8) is 0 Å². The van der Waals surface area contributed by atoms with Crippen molar-refractivity contribution in [1.29, 1.82) is 0 Å². The van der Waals surface area contributed by atoms with E-state index in [2.05, 4.69) is 4.72 Å². The molecule has 0 saturated heterocycles. The molecule has 1 aromatic carbocycles. The van der Waals surface area contributed by atoms with Gasteiger partial charge in [0.25, 0.3) is 0 Å². The summed E-state index contributed by atoms with van der Waals surface area (Å²) in [7, 11) is -4.03. The van der Waals surface area contributed by atoms with E-state index in [1.807, 2.05) is 0 Å². The van der Waals surface area contributed by atoms with Crippen LogP contribution in [0, 0.1) is 5.82 Å². The lowest BCUT2D eigenvalue weighted by Gasteiger charge is -2.27. The van der Waals surface area contributed by atoms with Crippen LogP contribution in [0.5, 0.6) is 0 Å². The number of nitrogens with two attached hydrogens (primary N) is 1. The van der Waals surface area contributed by atoms with E-state index in [1.165, 1.54) is 6.07 Å². The van der Waals surface area contributed by atoms with E-state index in [-0.39, 0.29) is 12.3 Å². The monoisotopic (exact) mass is 288 g/mol. The molecular formula is C12H17FN2O3S. The molecule has 1 saturated carbocycles. The summed E-state index contributed by atoms with van der Waals surface area (Å²) >= 11 is 0. The van der Waals surface area contributed by atoms with Gasteiger partial charge in [-0.25, -0.2) is 17.5 Å². The van der Waals surface area contributed by atoms with Crippen LogP contribution in [0.3, 0.4) is 0 Å². The lowest BCUT2D eigenvalue weighted by molar-refractivity contribution is 0.185. The number of benzene rings is 1. The average molecular weight is 288 g/mol. The number of hydrogen-bond acceptors (Lipinski definition) is 4. The standard InChI is InChI=1S/C12H17FN2O3S/c13-10-4-3-9(14)7-11(10)19(17,18)15-12(8-16)5-1-2-6-12/h3-4,7,15-16H,1-2,5-6,8,14H2. The highest BCUT2D eigenvalue weighted by Gasteiger charge is 2.38. The Morgan fingerprint density at radius 1 is 1.37 bits per heavy atom. The summed E-state index contributed by atoms with van der Waals surface area (Å²) in [6, 6.07) is 3.40. The Balaban J connectivity index is 2.34. The Labute approximate surface area is 111 Å². The first-order chi connectivity index (χ1) is 8.88. The number of sulfonamides is 1. The van der Waals surface area contributed by atoms with Gasteiger partial charge < -0.3 is 10.8 Å². The van der Waals surface area contributed by atoms with Crippen LogP contribution in [-0.2, 0) is 10.0 Å². The number of nitrogens with one attached hydrogen (secondary N) is 1. The Bertz CT molecular complexity index is 568.